The van der Waals surface area contributed by atoms with Crippen LogP contribution in [-0.2, 0) is 0 Å². The predicted octanol–water partition coefficient (Wildman–Crippen LogP) is 1.98. The number of hydrogen-bond donors (Lipinski definition) is 0. The zero-order valence-electron chi connectivity index (χ0n) is 6.20. The van der Waals surface area contributed by atoms with Gasteiger partial charge >= 0.3 is 0 Å². The number of aldehydes is 1. The van der Waals surface area contributed by atoms with Crippen molar-refractivity contribution in [3.05, 3.63) is 29.3 Å². The summed E-state index contributed by atoms with van der Waals surface area (Å²) < 4.78 is 4.90. The second-order valence-electron chi connectivity index (χ2n) is 2.28. The van der Waals surface area contributed by atoms with Crippen LogP contribution in [0.4, 0.5) is 0 Å². The highest BCUT2D eigenvalue weighted by Crippen LogP contribution is 2.19. The average Bonchev–Trinajstić information content (AvgIpc) is 2.04. The van der Waals surface area contributed by atoms with Crippen LogP contribution in [0.25, 0.3) is 0 Å². The molecule has 0 aromatic heterocycles. The highest BCUT2D eigenvalue weighted by molar-refractivity contribution is 7.10. The maximum Gasteiger partial charge on any atom is 0.153 e. The van der Waals surface area contributed by atoms with E-state index in [9.17, 15) is 4.79 Å². The van der Waals surface area contributed by atoms with Crippen molar-refractivity contribution in [2.75, 3.05) is 0 Å². The number of carbonyl (C=O) groups excluding carboxylic acids is 1. The third kappa shape index (κ3) is 1.78. The highest BCUT2D eigenvalue weighted by atomic mass is 31.0. The Morgan fingerprint density at radius 1 is 1.55 bits per heavy atom. The first-order valence-corrected chi connectivity index (χ1v) is 3.67. The molecule has 0 aliphatic carbocycles. The summed E-state index contributed by atoms with van der Waals surface area (Å²) in [6, 6.07) is 5.43. The van der Waals surface area contributed by atoms with Crippen LogP contribution in [0.3, 0.4) is 0 Å². The highest BCUT2D eigenvalue weighted by Gasteiger charge is 1.99. The molecule has 1 aromatic rings. The molecule has 1 unspecified atom stereocenters. The minimum atomic E-state index is 0.575. The van der Waals surface area contributed by atoms with Crippen molar-refractivity contribution >= 4 is 15.8 Å². The van der Waals surface area contributed by atoms with E-state index in [2.05, 4.69) is 9.47 Å². The van der Waals surface area contributed by atoms with Gasteiger partial charge in [0.2, 0.25) is 0 Å². The molecule has 0 amide bonds. The SMILES string of the molecule is Cc1ccc(C=O)c(OP)c1. The lowest BCUT2D eigenvalue weighted by Gasteiger charge is -2.02. The van der Waals surface area contributed by atoms with Gasteiger partial charge in [-0.3, -0.25) is 4.79 Å². The molecule has 0 N–H and O–H groups in total. The normalized spacial score (nSPS) is 9.27. The summed E-state index contributed by atoms with van der Waals surface area (Å²) in [7, 11) is 2.12. The maximum atomic E-state index is 10.4. The number of benzene rings is 1. The van der Waals surface area contributed by atoms with Crippen molar-refractivity contribution < 1.29 is 9.32 Å². The Balaban J connectivity index is 3.16. The van der Waals surface area contributed by atoms with E-state index in [1.165, 1.54) is 0 Å². The van der Waals surface area contributed by atoms with Crippen LogP contribution >= 0.6 is 9.47 Å². The van der Waals surface area contributed by atoms with Crippen molar-refractivity contribution in [3.63, 3.8) is 0 Å². The molecule has 0 bridgehead atoms. The topological polar surface area (TPSA) is 26.3 Å². The van der Waals surface area contributed by atoms with E-state index >= 15 is 0 Å². The Morgan fingerprint density at radius 2 is 2.27 bits per heavy atom. The van der Waals surface area contributed by atoms with Gasteiger partial charge in [0.1, 0.15) is 5.75 Å². The van der Waals surface area contributed by atoms with Crippen LogP contribution < -0.4 is 4.52 Å². The van der Waals surface area contributed by atoms with E-state index in [4.69, 9.17) is 4.52 Å². The Labute approximate surface area is 67.9 Å². The molecule has 0 aliphatic rings. The second-order valence-corrected chi connectivity index (χ2v) is 2.51. The van der Waals surface area contributed by atoms with Crippen molar-refractivity contribution in [2.45, 2.75) is 6.92 Å². The Kier molecular flexibility index (Phi) is 2.61. The summed E-state index contributed by atoms with van der Waals surface area (Å²) in [4.78, 5) is 10.4. The Morgan fingerprint density at radius 3 is 2.82 bits per heavy atom. The minimum absolute atomic E-state index is 0.575. The van der Waals surface area contributed by atoms with Gasteiger partial charge < -0.3 is 4.52 Å². The molecule has 0 radical (unpaired) electrons. The van der Waals surface area contributed by atoms with Crippen LogP contribution in [-0.4, -0.2) is 6.29 Å². The molecular formula is C8H9O2P. The van der Waals surface area contributed by atoms with Gasteiger partial charge in [0.25, 0.3) is 0 Å². The van der Waals surface area contributed by atoms with Gasteiger partial charge in [-0.2, -0.15) is 0 Å². The van der Waals surface area contributed by atoms with Gasteiger partial charge in [-0.05, 0) is 24.6 Å². The van der Waals surface area contributed by atoms with E-state index in [1.807, 2.05) is 19.1 Å². The molecule has 0 saturated heterocycles. The smallest absolute Gasteiger partial charge is 0.153 e. The molecule has 0 fully saturated rings. The van der Waals surface area contributed by atoms with Crippen molar-refractivity contribution in [3.8, 4) is 5.75 Å². The van der Waals surface area contributed by atoms with Gasteiger partial charge in [-0.25, -0.2) is 0 Å². The molecule has 11 heavy (non-hydrogen) atoms. The van der Waals surface area contributed by atoms with Crippen LogP contribution in [0.2, 0.25) is 0 Å². The first-order chi connectivity index (χ1) is 5.27. The predicted molar refractivity (Wildman–Crippen MR) is 46.9 cm³/mol. The lowest BCUT2D eigenvalue weighted by Crippen LogP contribution is -1.85. The first kappa shape index (κ1) is 8.22. The molecule has 0 spiro atoms. The standard InChI is InChI=1S/C8H9O2P/c1-6-2-3-7(5-9)8(4-6)10-11/h2-5H,11H2,1H3. The molecule has 1 aromatic carbocycles. The molecular weight excluding hydrogens is 159 g/mol. The molecule has 0 heterocycles. The lowest BCUT2D eigenvalue weighted by molar-refractivity contribution is 0.112. The summed E-state index contributed by atoms with van der Waals surface area (Å²) in [6.45, 7) is 1.95. The van der Waals surface area contributed by atoms with Gasteiger partial charge in [-0.15, -0.1) is 0 Å². The largest absolute Gasteiger partial charge is 0.480 e. The average molecular weight is 168 g/mol. The summed E-state index contributed by atoms with van der Waals surface area (Å²) in [5.74, 6) is 0.602. The first-order valence-electron chi connectivity index (χ1n) is 3.20. The van der Waals surface area contributed by atoms with E-state index < -0.39 is 0 Å². The Hall–Kier alpha value is -0.880. The molecule has 1 atom stereocenters. The number of aryl methyl sites for hydroxylation is 1. The van der Waals surface area contributed by atoms with Crippen molar-refractivity contribution in [2.24, 2.45) is 0 Å². The van der Waals surface area contributed by atoms with Crippen molar-refractivity contribution in [1.82, 2.24) is 0 Å². The summed E-state index contributed by atoms with van der Waals surface area (Å²) in [5.41, 5.74) is 1.65. The number of hydrogen-bond acceptors (Lipinski definition) is 2. The maximum absolute atomic E-state index is 10.4. The zero-order chi connectivity index (χ0) is 8.27. The quantitative estimate of drug-likeness (QED) is 0.498. The minimum Gasteiger partial charge on any atom is -0.480 e. The van der Waals surface area contributed by atoms with Crippen molar-refractivity contribution in [1.29, 1.82) is 0 Å². The van der Waals surface area contributed by atoms with Gasteiger partial charge in [-0.1, -0.05) is 6.07 Å². The van der Waals surface area contributed by atoms with Crippen LogP contribution in [0, 0.1) is 6.92 Å². The van der Waals surface area contributed by atoms with Crippen LogP contribution in [0.1, 0.15) is 15.9 Å². The zero-order valence-corrected chi connectivity index (χ0v) is 7.36. The summed E-state index contributed by atoms with van der Waals surface area (Å²) >= 11 is 0. The molecule has 58 valence electrons. The fraction of sp³-hybridized carbons (Fsp3) is 0.125. The molecule has 2 nitrogen and oxygen atoms in total. The monoisotopic (exact) mass is 168 g/mol. The van der Waals surface area contributed by atoms with Gasteiger partial charge in [0, 0.05) is 0 Å². The molecule has 3 heteroatoms. The molecule has 1 rings (SSSR count). The molecule has 0 saturated carbocycles. The van der Waals surface area contributed by atoms with Crippen LogP contribution in [0.5, 0.6) is 5.75 Å². The van der Waals surface area contributed by atoms with Gasteiger partial charge in [0.05, 0.1) is 15.0 Å². The van der Waals surface area contributed by atoms with E-state index in [0.29, 0.717) is 11.3 Å². The van der Waals surface area contributed by atoms with Gasteiger partial charge in [0.15, 0.2) is 6.29 Å². The second kappa shape index (κ2) is 3.49. The fourth-order valence-electron chi connectivity index (χ4n) is 0.841. The number of rotatable bonds is 2. The number of carbonyl (C=O) groups is 1. The van der Waals surface area contributed by atoms with E-state index in [0.717, 1.165) is 11.8 Å². The summed E-state index contributed by atoms with van der Waals surface area (Å²) in [5, 5.41) is 0. The van der Waals surface area contributed by atoms with Crippen LogP contribution in [0.15, 0.2) is 18.2 Å². The summed E-state index contributed by atoms with van der Waals surface area (Å²) in [6.07, 6.45) is 0.777. The third-order valence-electron chi connectivity index (χ3n) is 1.42. The third-order valence-corrected chi connectivity index (χ3v) is 1.68. The van der Waals surface area contributed by atoms with E-state index in [1.54, 1.807) is 6.07 Å². The molecule has 0 aliphatic heterocycles. The van der Waals surface area contributed by atoms with E-state index in [-0.39, 0.29) is 0 Å². The Bertz CT molecular complexity index is 271. The fourth-order valence-corrected chi connectivity index (χ4v) is 1.05. The lowest BCUT2D eigenvalue weighted by atomic mass is 10.1.